The van der Waals surface area contributed by atoms with Crippen LogP contribution in [0.3, 0.4) is 0 Å². The van der Waals surface area contributed by atoms with Crippen LogP contribution < -0.4 is 0 Å². The van der Waals surface area contributed by atoms with Crippen LogP contribution in [0, 0.1) is 20.2 Å². The minimum Gasteiger partial charge on any atom is -0.293 e. The minimum atomic E-state index is -1.30. The van der Waals surface area contributed by atoms with Gasteiger partial charge in [0.1, 0.15) is 10.9 Å². The summed E-state index contributed by atoms with van der Waals surface area (Å²) in [5.74, 6) is -2.43. The number of aromatic nitrogens is 1. The van der Waals surface area contributed by atoms with Gasteiger partial charge in [0.2, 0.25) is 0 Å². The van der Waals surface area contributed by atoms with E-state index < -0.39 is 27.3 Å². The zero-order chi connectivity index (χ0) is 22.8. The number of rotatable bonds is 7. The molecule has 0 N–H and O–H groups in total. The molecule has 10 heteroatoms. The first-order valence-electron chi connectivity index (χ1n) is 9.28. The van der Waals surface area contributed by atoms with Crippen molar-refractivity contribution in [2.45, 2.75) is 5.92 Å². The first-order valence-corrected chi connectivity index (χ1v) is 10.1. The van der Waals surface area contributed by atoms with Crippen molar-refractivity contribution in [2.75, 3.05) is 0 Å². The summed E-state index contributed by atoms with van der Waals surface area (Å²) in [5.41, 5.74) is 0.510. The zero-order valence-electron chi connectivity index (χ0n) is 16.2. The van der Waals surface area contributed by atoms with Crippen molar-refractivity contribution in [2.24, 2.45) is 0 Å². The van der Waals surface area contributed by atoms with E-state index in [4.69, 9.17) is 0 Å². The molecule has 4 aromatic rings. The first kappa shape index (κ1) is 20.9. The number of hydrogen-bond donors (Lipinski definition) is 0. The van der Waals surface area contributed by atoms with Crippen molar-refractivity contribution in [3.63, 3.8) is 0 Å². The summed E-state index contributed by atoms with van der Waals surface area (Å²) in [7, 11) is 0. The van der Waals surface area contributed by atoms with E-state index in [-0.39, 0.29) is 27.5 Å². The first-order chi connectivity index (χ1) is 15.3. The topological polar surface area (TPSA) is 133 Å². The predicted molar refractivity (Wildman–Crippen MR) is 117 cm³/mol. The van der Waals surface area contributed by atoms with Gasteiger partial charge in [0, 0.05) is 35.4 Å². The number of hydrogen-bond acceptors (Lipinski definition) is 8. The smallest absolute Gasteiger partial charge is 0.269 e. The summed E-state index contributed by atoms with van der Waals surface area (Å²) in [4.78, 5) is 51.8. The van der Waals surface area contributed by atoms with Gasteiger partial charge in [-0.25, -0.2) is 4.98 Å². The Morgan fingerprint density at radius 1 is 0.750 bits per heavy atom. The summed E-state index contributed by atoms with van der Waals surface area (Å²) >= 11 is 1.20. The molecule has 9 nitrogen and oxygen atoms in total. The van der Waals surface area contributed by atoms with Crippen LogP contribution in [0.15, 0.2) is 72.8 Å². The van der Waals surface area contributed by atoms with Crippen molar-refractivity contribution in [1.29, 1.82) is 0 Å². The number of nitro groups is 2. The summed E-state index contributed by atoms with van der Waals surface area (Å²) in [6, 6.07) is 17.1. The lowest BCUT2D eigenvalue weighted by Gasteiger charge is -2.13. The number of carbonyl (C=O) groups excluding carboxylic acids is 2. The third-order valence-corrected chi connectivity index (χ3v) is 5.91. The molecule has 0 fully saturated rings. The minimum absolute atomic E-state index is 0.120. The van der Waals surface area contributed by atoms with E-state index in [0.717, 1.165) is 4.70 Å². The average molecular weight is 447 g/mol. The summed E-state index contributed by atoms with van der Waals surface area (Å²) in [6.45, 7) is 0. The van der Waals surface area contributed by atoms with E-state index in [1.807, 2.05) is 12.1 Å². The number of fused-ring (bicyclic) bond motifs is 1. The van der Waals surface area contributed by atoms with Crippen LogP contribution in [0.5, 0.6) is 0 Å². The maximum atomic E-state index is 13.4. The largest absolute Gasteiger partial charge is 0.293 e. The molecule has 3 aromatic carbocycles. The van der Waals surface area contributed by atoms with Crippen LogP contribution in [-0.2, 0) is 0 Å². The molecule has 4 rings (SSSR count). The Morgan fingerprint density at radius 3 is 1.66 bits per heavy atom. The van der Waals surface area contributed by atoms with Gasteiger partial charge in [-0.2, -0.15) is 0 Å². The van der Waals surface area contributed by atoms with Crippen molar-refractivity contribution in [3.8, 4) is 0 Å². The van der Waals surface area contributed by atoms with E-state index in [2.05, 4.69) is 4.98 Å². The number of para-hydroxylation sites is 1. The molecule has 0 saturated carbocycles. The normalized spacial score (nSPS) is 10.9. The fourth-order valence-corrected chi connectivity index (χ4v) is 4.25. The van der Waals surface area contributed by atoms with Gasteiger partial charge in [-0.15, -0.1) is 11.3 Å². The maximum Gasteiger partial charge on any atom is 0.269 e. The second-order valence-electron chi connectivity index (χ2n) is 6.79. The fourth-order valence-electron chi connectivity index (χ4n) is 3.19. The van der Waals surface area contributed by atoms with Gasteiger partial charge in [0.05, 0.1) is 20.1 Å². The lowest BCUT2D eigenvalue weighted by Crippen LogP contribution is -2.22. The average Bonchev–Trinajstić information content (AvgIpc) is 3.22. The molecule has 158 valence electrons. The molecule has 0 saturated heterocycles. The number of nitrogens with zero attached hydrogens (tertiary/aromatic N) is 3. The van der Waals surface area contributed by atoms with Crippen LogP contribution in [-0.4, -0.2) is 26.4 Å². The van der Waals surface area contributed by atoms with Crippen molar-refractivity contribution in [1.82, 2.24) is 4.98 Å². The van der Waals surface area contributed by atoms with Crippen molar-refractivity contribution < 1.29 is 19.4 Å². The highest BCUT2D eigenvalue weighted by atomic mass is 32.1. The highest BCUT2D eigenvalue weighted by Crippen LogP contribution is 2.33. The quantitative estimate of drug-likeness (QED) is 0.169. The van der Waals surface area contributed by atoms with Gasteiger partial charge in [0.25, 0.3) is 11.4 Å². The fraction of sp³-hybridized carbons (Fsp3) is 0.0455. The number of carbonyl (C=O) groups is 2. The number of Topliss-reactive ketones (excluding diaryl/α,β-unsaturated/α-hetero) is 2. The van der Waals surface area contributed by atoms with Gasteiger partial charge in [-0.1, -0.05) is 12.1 Å². The number of benzene rings is 3. The van der Waals surface area contributed by atoms with E-state index in [1.54, 1.807) is 12.1 Å². The number of non-ortho nitro benzene ring substituents is 2. The lowest BCUT2D eigenvalue weighted by atomic mass is 9.90. The monoisotopic (exact) mass is 447 g/mol. The zero-order valence-corrected chi connectivity index (χ0v) is 17.0. The van der Waals surface area contributed by atoms with Gasteiger partial charge < -0.3 is 0 Å². The lowest BCUT2D eigenvalue weighted by molar-refractivity contribution is -0.385. The summed E-state index contributed by atoms with van der Waals surface area (Å²) < 4.78 is 0.792. The van der Waals surface area contributed by atoms with Crippen LogP contribution in [0.2, 0.25) is 0 Å². The summed E-state index contributed by atoms with van der Waals surface area (Å²) in [6.07, 6.45) is 0. The molecule has 0 aliphatic rings. The molecule has 0 atom stereocenters. The van der Waals surface area contributed by atoms with Crippen LogP contribution in [0.25, 0.3) is 10.2 Å². The number of nitro benzene ring substituents is 2. The molecular weight excluding hydrogens is 434 g/mol. The maximum absolute atomic E-state index is 13.4. The van der Waals surface area contributed by atoms with Crippen LogP contribution >= 0.6 is 11.3 Å². The molecule has 1 aromatic heterocycles. The van der Waals surface area contributed by atoms with Gasteiger partial charge in [0.15, 0.2) is 11.6 Å². The van der Waals surface area contributed by atoms with E-state index in [1.165, 1.54) is 59.9 Å². The molecule has 0 radical (unpaired) electrons. The highest BCUT2D eigenvalue weighted by Gasteiger charge is 2.33. The molecule has 0 amide bonds. The van der Waals surface area contributed by atoms with Gasteiger partial charge in [-0.3, -0.25) is 29.8 Å². The molecule has 0 unspecified atom stereocenters. The molecular formula is C22H13N3O6S. The highest BCUT2D eigenvalue weighted by molar-refractivity contribution is 7.18. The molecule has 0 aliphatic heterocycles. The predicted octanol–water partition coefficient (Wildman–Crippen LogP) is 4.96. The number of ketones is 2. The SMILES string of the molecule is O=C(c1ccc([N+](=O)[O-])cc1)C(C(=O)c1ccc([N+](=O)[O-])cc1)c1nc2ccccc2s1. The van der Waals surface area contributed by atoms with Crippen LogP contribution in [0.4, 0.5) is 11.4 Å². The molecule has 0 aliphatic carbocycles. The summed E-state index contributed by atoms with van der Waals surface area (Å²) in [5, 5.41) is 22.1. The van der Waals surface area contributed by atoms with Gasteiger partial charge in [-0.05, 0) is 36.4 Å². The van der Waals surface area contributed by atoms with Crippen molar-refractivity contribution >= 4 is 44.5 Å². The molecule has 32 heavy (non-hydrogen) atoms. The standard InChI is InChI=1S/C22H13N3O6S/c26-20(13-5-9-15(10-6-13)24(28)29)19(22-23-17-3-1-2-4-18(17)32-22)21(27)14-7-11-16(12-8-14)25(30)31/h1-12,19H. The second-order valence-corrected chi connectivity index (χ2v) is 7.85. The second kappa shape index (κ2) is 8.44. The Balaban J connectivity index is 1.78. The molecule has 0 bridgehead atoms. The Bertz CT molecular complexity index is 1260. The Kier molecular flexibility index (Phi) is 5.52. The van der Waals surface area contributed by atoms with E-state index >= 15 is 0 Å². The molecule has 0 spiro atoms. The van der Waals surface area contributed by atoms with E-state index in [0.29, 0.717) is 5.52 Å². The third-order valence-electron chi connectivity index (χ3n) is 4.81. The van der Waals surface area contributed by atoms with Crippen LogP contribution in [0.1, 0.15) is 31.6 Å². The third kappa shape index (κ3) is 3.98. The Labute approximate surface area is 184 Å². The number of thiazole rings is 1. The van der Waals surface area contributed by atoms with Crippen molar-refractivity contribution in [3.05, 3.63) is 109 Å². The van der Waals surface area contributed by atoms with Gasteiger partial charge >= 0.3 is 0 Å². The van der Waals surface area contributed by atoms with E-state index in [9.17, 15) is 29.8 Å². The molecule has 1 heterocycles. The Morgan fingerprint density at radius 2 is 1.22 bits per heavy atom. The Hall–Kier alpha value is -4.31.